The maximum atomic E-state index is 11.3. The van der Waals surface area contributed by atoms with Gasteiger partial charge in [0.1, 0.15) is 6.04 Å². The molecule has 6 nitrogen and oxygen atoms in total. The van der Waals surface area contributed by atoms with Crippen molar-refractivity contribution in [1.29, 1.82) is 0 Å². The van der Waals surface area contributed by atoms with E-state index in [1.807, 2.05) is 0 Å². The van der Waals surface area contributed by atoms with Crippen molar-refractivity contribution in [3.63, 3.8) is 0 Å². The predicted molar refractivity (Wildman–Crippen MR) is 47.8 cm³/mol. The Morgan fingerprint density at radius 2 is 2.29 bits per heavy atom. The lowest BCUT2D eigenvalue weighted by atomic mass is 10.3. The topological polar surface area (TPSA) is 84.2 Å². The molecule has 2 N–H and O–H groups in total. The molecule has 14 heavy (non-hydrogen) atoms. The lowest BCUT2D eigenvalue weighted by molar-refractivity contribution is -0.138. The van der Waals surface area contributed by atoms with Crippen molar-refractivity contribution in [2.75, 3.05) is 0 Å². The van der Waals surface area contributed by atoms with Crippen LogP contribution in [0.15, 0.2) is 12.4 Å². The molecule has 0 aliphatic heterocycles. The Morgan fingerprint density at radius 3 is 2.71 bits per heavy atom. The van der Waals surface area contributed by atoms with Gasteiger partial charge in [-0.2, -0.15) is 5.10 Å². The van der Waals surface area contributed by atoms with E-state index in [9.17, 15) is 9.59 Å². The zero-order valence-corrected chi connectivity index (χ0v) is 7.89. The first-order valence-corrected chi connectivity index (χ1v) is 4.03. The zero-order chi connectivity index (χ0) is 10.7. The number of hydrogen-bond acceptors (Lipinski definition) is 3. The van der Waals surface area contributed by atoms with Crippen LogP contribution in [0.3, 0.4) is 0 Å². The van der Waals surface area contributed by atoms with Crippen molar-refractivity contribution in [3.05, 3.63) is 18.0 Å². The molecule has 0 saturated heterocycles. The molecule has 0 radical (unpaired) electrons. The van der Waals surface area contributed by atoms with Gasteiger partial charge in [-0.25, -0.2) is 0 Å². The third-order valence-corrected chi connectivity index (χ3v) is 1.69. The molecule has 1 aromatic rings. The summed E-state index contributed by atoms with van der Waals surface area (Å²) in [5.41, 5.74) is 0.348. The lowest BCUT2D eigenvalue weighted by Gasteiger charge is -2.06. The molecule has 0 bridgehead atoms. The fourth-order valence-corrected chi connectivity index (χ4v) is 0.880. The number of aromatic nitrogens is 2. The van der Waals surface area contributed by atoms with Gasteiger partial charge in [-0.05, 0) is 6.92 Å². The van der Waals surface area contributed by atoms with E-state index in [2.05, 4.69) is 10.4 Å². The molecular weight excluding hydrogens is 186 g/mol. The van der Waals surface area contributed by atoms with Gasteiger partial charge in [-0.1, -0.05) is 0 Å². The second-order valence-electron chi connectivity index (χ2n) is 2.94. The van der Waals surface area contributed by atoms with Crippen LogP contribution in [0.5, 0.6) is 0 Å². The molecule has 1 rings (SSSR count). The summed E-state index contributed by atoms with van der Waals surface area (Å²) in [7, 11) is 1.68. The van der Waals surface area contributed by atoms with E-state index < -0.39 is 17.9 Å². The van der Waals surface area contributed by atoms with E-state index in [0.717, 1.165) is 0 Å². The van der Waals surface area contributed by atoms with Gasteiger partial charge in [0, 0.05) is 13.2 Å². The second kappa shape index (κ2) is 3.91. The van der Waals surface area contributed by atoms with Crippen LogP contribution < -0.4 is 5.32 Å². The van der Waals surface area contributed by atoms with Crippen molar-refractivity contribution < 1.29 is 14.7 Å². The minimum absolute atomic E-state index is 0.348. The molecule has 1 atom stereocenters. The van der Waals surface area contributed by atoms with Crippen LogP contribution in [-0.2, 0) is 11.8 Å². The van der Waals surface area contributed by atoms with Gasteiger partial charge in [-0.3, -0.25) is 14.3 Å². The Morgan fingerprint density at radius 1 is 1.64 bits per heavy atom. The number of nitrogens with one attached hydrogen (secondary N) is 1. The van der Waals surface area contributed by atoms with E-state index in [-0.39, 0.29) is 0 Å². The summed E-state index contributed by atoms with van der Waals surface area (Å²) in [4.78, 5) is 21.8. The first-order valence-electron chi connectivity index (χ1n) is 4.03. The molecule has 6 heteroatoms. The van der Waals surface area contributed by atoms with Gasteiger partial charge < -0.3 is 10.4 Å². The van der Waals surface area contributed by atoms with Crippen LogP contribution in [0.4, 0.5) is 0 Å². The third kappa shape index (κ3) is 2.32. The summed E-state index contributed by atoms with van der Waals surface area (Å²) in [5, 5.41) is 14.7. The number of amides is 1. The summed E-state index contributed by atoms with van der Waals surface area (Å²) in [6.07, 6.45) is 2.90. The monoisotopic (exact) mass is 197 g/mol. The summed E-state index contributed by atoms with van der Waals surface area (Å²) in [5.74, 6) is -1.50. The number of aryl methyl sites for hydroxylation is 1. The van der Waals surface area contributed by atoms with Gasteiger partial charge >= 0.3 is 5.97 Å². The fraction of sp³-hybridized carbons (Fsp3) is 0.375. The van der Waals surface area contributed by atoms with Crippen molar-refractivity contribution in [3.8, 4) is 0 Å². The van der Waals surface area contributed by atoms with Crippen molar-refractivity contribution in [2.45, 2.75) is 13.0 Å². The number of carboxylic acid groups (broad SMARTS) is 1. The largest absolute Gasteiger partial charge is 0.480 e. The Hall–Kier alpha value is -1.85. The molecule has 0 aliphatic carbocycles. The van der Waals surface area contributed by atoms with E-state index >= 15 is 0 Å². The normalized spacial score (nSPS) is 12.1. The minimum Gasteiger partial charge on any atom is -0.480 e. The Labute approximate surface area is 80.5 Å². The molecule has 1 heterocycles. The Bertz CT molecular complexity index is 358. The Kier molecular flexibility index (Phi) is 2.85. The van der Waals surface area contributed by atoms with Crippen LogP contribution >= 0.6 is 0 Å². The number of carbonyl (C=O) groups is 2. The van der Waals surface area contributed by atoms with Crippen LogP contribution in [0.1, 0.15) is 17.3 Å². The highest BCUT2D eigenvalue weighted by Gasteiger charge is 2.15. The number of carbonyl (C=O) groups excluding carboxylic acids is 1. The molecule has 0 aliphatic rings. The summed E-state index contributed by atoms with van der Waals surface area (Å²) in [6.45, 7) is 1.40. The summed E-state index contributed by atoms with van der Waals surface area (Å²) < 4.78 is 1.47. The minimum atomic E-state index is -1.07. The molecule has 1 amide bonds. The third-order valence-electron chi connectivity index (χ3n) is 1.69. The van der Waals surface area contributed by atoms with E-state index in [1.54, 1.807) is 7.05 Å². The van der Waals surface area contributed by atoms with Crippen LogP contribution in [0.2, 0.25) is 0 Å². The molecule has 0 saturated carbocycles. The van der Waals surface area contributed by atoms with Crippen LogP contribution in [-0.4, -0.2) is 32.8 Å². The lowest BCUT2D eigenvalue weighted by Crippen LogP contribution is -2.38. The molecule has 76 valence electrons. The Balaban J connectivity index is 2.63. The number of carboxylic acids is 1. The quantitative estimate of drug-likeness (QED) is 0.692. The molecular formula is C8H11N3O3. The number of rotatable bonds is 3. The van der Waals surface area contributed by atoms with Gasteiger partial charge in [-0.15, -0.1) is 0 Å². The fourth-order valence-electron chi connectivity index (χ4n) is 0.880. The van der Waals surface area contributed by atoms with Gasteiger partial charge in [0.05, 0.1) is 11.8 Å². The number of hydrogen-bond donors (Lipinski definition) is 2. The van der Waals surface area contributed by atoms with E-state index in [4.69, 9.17) is 5.11 Å². The van der Waals surface area contributed by atoms with Crippen LogP contribution in [0, 0.1) is 0 Å². The highest BCUT2D eigenvalue weighted by molar-refractivity contribution is 5.96. The maximum Gasteiger partial charge on any atom is 0.325 e. The average molecular weight is 197 g/mol. The number of aliphatic carboxylic acids is 1. The summed E-state index contributed by atoms with van der Waals surface area (Å²) in [6, 6.07) is -0.900. The first kappa shape index (κ1) is 10.2. The number of nitrogens with zero attached hydrogens (tertiary/aromatic N) is 2. The standard InChI is InChI=1S/C8H11N3O3/c1-5(8(13)14)10-7(12)6-3-9-11(2)4-6/h3-5H,1-2H3,(H,10,12)(H,13,14)/t5-/m0/s1. The zero-order valence-electron chi connectivity index (χ0n) is 7.89. The van der Waals surface area contributed by atoms with Crippen molar-refractivity contribution >= 4 is 11.9 Å². The smallest absolute Gasteiger partial charge is 0.325 e. The molecule has 0 unspecified atom stereocenters. The van der Waals surface area contributed by atoms with Crippen molar-refractivity contribution in [1.82, 2.24) is 15.1 Å². The molecule has 0 spiro atoms. The molecule has 0 fully saturated rings. The molecule has 0 aromatic carbocycles. The molecule has 1 aromatic heterocycles. The average Bonchev–Trinajstić information content (AvgIpc) is 2.51. The van der Waals surface area contributed by atoms with Gasteiger partial charge in [0.15, 0.2) is 0 Å². The maximum absolute atomic E-state index is 11.3. The van der Waals surface area contributed by atoms with E-state index in [0.29, 0.717) is 5.56 Å². The van der Waals surface area contributed by atoms with Crippen molar-refractivity contribution in [2.24, 2.45) is 7.05 Å². The van der Waals surface area contributed by atoms with E-state index in [1.165, 1.54) is 24.0 Å². The first-order chi connectivity index (χ1) is 6.50. The van der Waals surface area contributed by atoms with Gasteiger partial charge in [0.2, 0.25) is 0 Å². The second-order valence-corrected chi connectivity index (χ2v) is 2.94. The van der Waals surface area contributed by atoms with Crippen LogP contribution in [0.25, 0.3) is 0 Å². The van der Waals surface area contributed by atoms with Gasteiger partial charge in [0.25, 0.3) is 5.91 Å². The SMILES string of the molecule is C[C@H](NC(=O)c1cnn(C)c1)C(=O)O. The highest BCUT2D eigenvalue weighted by atomic mass is 16.4. The predicted octanol–water partition coefficient (Wildman–Crippen LogP) is -0.377. The summed E-state index contributed by atoms with van der Waals surface area (Å²) >= 11 is 0. The highest BCUT2D eigenvalue weighted by Crippen LogP contribution is 1.96.